The molecule has 144 valence electrons. The second-order valence-corrected chi connectivity index (χ2v) is 6.04. The van der Waals surface area contributed by atoms with Gasteiger partial charge in [0.2, 0.25) is 0 Å². The summed E-state index contributed by atoms with van der Waals surface area (Å²) >= 11 is 0. The minimum absolute atomic E-state index is 0.274. The molecule has 1 heterocycles. The highest BCUT2D eigenvalue weighted by molar-refractivity contribution is 5.93. The number of para-hydroxylation sites is 2. The summed E-state index contributed by atoms with van der Waals surface area (Å²) in [6, 6.07) is 16.6. The van der Waals surface area contributed by atoms with Crippen molar-refractivity contribution in [1.29, 1.82) is 0 Å². The first-order valence-electron chi connectivity index (χ1n) is 8.76. The van der Waals surface area contributed by atoms with Gasteiger partial charge in [-0.1, -0.05) is 24.3 Å². The van der Waals surface area contributed by atoms with Gasteiger partial charge in [0.15, 0.2) is 0 Å². The van der Waals surface area contributed by atoms with E-state index in [2.05, 4.69) is 20.6 Å². The van der Waals surface area contributed by atoms with Gasteiger partial charge in [-0.05, 0) is 36.8 Å². The summed E-state index contributed by atoms with van der Waals surface area (Å²) in [4.78, 5) is 21.1. The molecule has 2 aromatic carbocycles. The van der Waals surface area contributed by atoms with Gasteiger partial charge in [-0.2, -0.15) is 0 Å². The Labute approximate surface area is 163 Å². The molecule has 2 N–H and O–H groups in total. The summed E-state index contributed by atoms with van der Waals surface area (Å²) < 4.78 is 10.5. The van der Waals surface area contributed by atoms with E-state index in [9.17, 15) is 4.79 Å². The number of hydrogen-bond acceptors (Lipinski definition) is 6. The third kappa shape index (κ3) is 4.76. The molecule has 3 aromatic rings. The minimum atomic E-state index is -0.274. The quantitative estimate of drug-likeness (QED) is 0.655. The predicted octanol–water partition coefficient (Wildman–Crippen LogP) is 3.48. The number of anilines is 2. The van der Waals surface area contributed by atoms with Crippen LogP contribution in [0.1, 0.15) is 21.9 Å². The summed E-state index contributed by atoms with van der Waals surface area (Å²) in [5.41, 5.74) is 2.01. The van der Waals surface area contributed by atoms with Gasteiger partial charge in [0.05, 0.1) is 19.9 Å². The van der Waals surface area contributed by atoms with Gasteiger partial charge in [-0.3, -0.25) is 4.79 Å². The molecule has 3 rings (SSSR count). The SMILES string of the molecule is COc1ccc(CNC(=O)c2cc(Nc3ccccc3OC)nc(C)n2)cc1. The number of carbonyl (C=O) groups excluding carboxylic acids is 1. The average molecular weight is 378 g/mol. The summed E-state index contributed by atoms with van der Waals surface area (Å²) in [5, 5.41) is 6.05. The molecule has 1 aromatic heterocycles. The van der Waals surface area contributed by atoms with Crippen molar-refractivity contribution in [3.05, 3.63) is 71.7 Å². The van der Waals surface area contributed by atoms with Crippen LogP contribution in [0.4, 0.5) is 11.5 Å². The van der Waals surface area contributed by atoms with Gasteiger partial charge < -0.3 is 20.1 Å². The van der Waals surface area contributed by atoms with Gasteiger partial charge in [-0.15, -0.1) is 0 Å². The molecule has 0 unspecified atom stereocenters. The zero-order chi connectivity index (χ0) is 19.9. The first kappa shape index (κ1) is 19.2. The summed E-state index contributed by atoms with van der Waals surface area (Å²) in [6.45, 7) is 2.13. The van der Waals surface area contributed by atoms with Crippen molar-refractivity contribution in [2.75, 3.05) is 19.5 Å². The van der Waals surface area contributed by atoms with Crippen molar-refractivity contribution in [2.45, 2.75) is 13.5 Å². The molecule has 0 aliphatic carbocycles. The van der Waals surface area contributed by atoms with Crippen molar-refractivity contribution in [1.82, 2.24) is 15.3 Å². The molecule has 1 amide bonds. The Morgan fingerprint density at radius 2 is 1.75 bits per heavy atom. The van der Waals surface area contributed by atoms with E-state index >= 15 is 0 Å². The third-order valence-corrected chi connectivity index (χ3v) is 4.05. The van der Waals surface area contributed by atoms with Crippen LogP contribution in [-0.4, -0.2) is 30.1 Å². The standard InChI is InChI=1S/C21H22N4O3/c1-14-23-18(21(26)22-13-15-8-10-16(27-2)11-9-15)12-20(24-14)25-17-6-4-5-7-19(17)28-3/h4-12H,13H2,1-3H3,(H,22,26)(H,23,24,25). The second kappa shape index (κ2) is 8.85. The Morgan fingerprint density at radius 1 is 1.00 bits per heavy atom. The van der Waals surface area contributed by atoms with E-state index < -0.39 is 0 Å². The lowest BCUT2D eigenvalue weighted by Gasteiger charge is -2.12. The highest BCUT2D eigenvalue weighted by atomic mass is 16.5. The van der Waals surface area contributed by atoms with E-state index in [-0.39, 0.29) is 5.91 Å². The molecule has 0 radical (unpaired) electrons. The summed E-state index contributed by atoms with van der Waals surface area (Å²) in [6.07, 6.45) is 0. The lowest BCUT2D eigenvalue weighted by atomic mass is 10.2. The molecule has 0 saturated heterocycles. The van der Waals surface area contributed by atoms with Crippen LogP contribution in [0, 0.1) is 6.92 Å². The number of carbonyl (C=O) groups is 1. The maximum absolute atomic E-state index is 12.5. The number of nitrogens with zero attached hydrogens (tertiary/aromatic N) is 2. The Hall–Kier alpha value is -3.61. The monoisotopic (exact) mass is 378 g/mol. The van der Waals surface area contributed by atoms with Crippen molar-refractivity contribution in [3.63, 3.8) is 0 Å². The number of methoxy groups -OCH3 is 2. The summed E-state index contributed by atoms with van der Waals surface area (Å²) in [5.74, 6) is 2.20. The molecule has 7 heteroatoms. The number of amides is 1. The predicted molar refractivity (Wildman–Crippen MR) is 107 cm³/mol. The number of rotatable bonds is 7. The highest BCUT2D eigenvalue weighted by Gasteiger charge is 2.12. The smallest absolute Gasteiger partial charge is 0.270 e. The second-order valence-electron chi connectivity index (χ2n) is 6.04. The van der Waals surface area contributed by atoms with E-state index in [0.29, 0.717) is 29.6 Å². The van der Waals surface area contributed by atoms with Crippen LogP contribution in [0.3, 0.4) is 0 Å². The Balaban J connectivity index is 1.71. The lowest BCUT2D eigenvalue weighted by molar-refractivity contribution is 0.0945. The Bertz CT molecular complexity index is 958. The summed E-state index contributed by atoms with van der Waals surface area (Å²) in [7, 11) is 3.22. The van der Waals surface area contributed by atoms with Crippen LogP contribution in [-0.2, 0) is 6.54 Å². The maximum atomic E-state index is 12.5. The number of hydrogen-bond donors (Lipinski definition) is 2. The zero-order valence-electron chi connectivity index (χ0n) is 16.0. The normalized spacial score (nSPS) is 10.2. The molecule has 0 atom stereocenters. The first-order valence-corrected chi connectivity index (χ1v) is 8.76. The average Bonchev–Trinajstić information content (AvgIpc) is 2.72. The van der Waals surface area contributed by atoms with Crippen LogP contribution in [0.15, 0.2) is 54.6 Å². The minimum Gasteiger partial charge on any atom is -0.497 e. The van der Waals surface area contributed by atoms with Gasteiger partial charge >= 0.3 is 0 Å². The van der Waals surface area contributed by atoms with Crippen LogP contribution in [0.5, 0.6) is 11.5 Å². The number of nitrogens with one attached hydrogen (secondary N) is 2. The Morgan fingerprint density at radius 3 is 2.46 bits per heavy atom. The highest BCUT2D eigenvalue weighted by Crippen LogP contribution is 2.26. The van der Waals surface area contributed by atoms with Gasteiger partial charge in [0.1, 0.15) is 28.8 Å². The van der Waals surface area contributed by atoms with Crippen molar-refractivity contribution in [2.24, 2.45) is 0 Å². The first-order chi connectivity index (χ1) is 13.6. The van der Waals surface area contributed by atoms with Crippen molar-refractivity contribution >= 4 is 17.4 Å². The maximum Gasteiger partial charge on any atom is 0.270 e. The number of aryl methyl sites for hydroxylation is 1. The number of benzene rings is 2. The topological polar surface area (TPSA) is 85.4 Å². The molecule has 7 nitrogen and oxygen atoms in total. The molecule has 0 aliphatic rings. The third-order valence-electron chi connectivity index (χ3n) is 4.05. The largest absolute Gasteiger partial charge is 0.497 e. The van der Waals surface area contributed by atoms with E-state index in [4.69, 9.17) is 9.47 Å². The molecule has 0 fully saturated rings. The molecular weight excluding hydrogens is 356 g/mol. The fraction of sp³-hybridized carbons (Fsp3) is 0.190. The van der Waals surface area contributed by atoms with Crippen LogP contribution in [0.2, 0.25) is 0 Å². The van der Waals surface area contributed by atoms with Crippen LogP contribution < -0.4 is 20.1 Å². The van der Waals surface area contributed by atoms with Gasteiger partial charge in [0, 0.05) is 12.6 Å². The molecule has 0 spiro atoms. The van der Waals surface area contributed by atoms with Gasteiger partial charge in [0.25, 0.3) is 5.91 Å². The van der Waals surface area contributed by atoms with Crippen LogP contribution in [0.25, 0.3) is 0 Å². The Kier molecular flexibility index (Phi) is 6.06. The van der Waals surface area contributed by atoms with E-state index in [1.807, 2.05) is 48.5 Å². The van der Waals surface area contributed by atoms with Crippen molar-refractivity contribution < 1.29 is 14.3 Å². The van der Waals surface area contributed by atoms with E-state index in [0.717, 1.165) is 17.0 Å². The van der Waals surface area contributed by atoms with Crippen LogP contribution >= 0.6 is 0 Å². The molecule has 28 heavy (non-hydrogen) atoms. The van der Waals surface area contributed by atoms with Gasteiger partial charge in [-0.25, -0.2) is 9.97 Å². The van der Waals surface area contributed by atoms with E-state index in [1.54, 1.807) is 27.2 Å². The zero-order valence-corrected chi connectivity index (χ0v) is 16.0. The van der Waals surface area contributed by atoms with Crippen molar-refractivity contribution in [3.8, 4) is 11.5 Å². The lowest BCUT2D eigenvalue weighted by Crippen LogP contribution is -2.24. The molecular formula is C21H22N4O3. The fourth-order valence-electron chi connectivity index (χ4n) is 2.65. The molecule has 0 saturated carbocycles. The van der Waals surface area contributed by atoms with E-state index in [1.165, 1.54) is 0 Å². The number of aromatic nitrogens is 2. The number of ether oxygens (including phenoxy) is 2. The fourth-order valence-corrected chi connectivity index (χ4v) is 2.65. The molecule has 0 bridgehead atoms. The molecule has 0 aliphatic heterocycles.